The van der Waals surface area contributed by atoms with Crippen LogP contribution in [0.4, 0.5) is 5.13 Å². The van der Waals surface area contributed by atoms with Gasteiger partial charge in [0.2, 0.25) is 10.0 Å². The van der Waals surface area contributed by atoms with Crippen molar-refractivity contribution in [3.63, 3.8) is 0 Å². The maximum absolute atomic E-state index is 12.5. The van der Waals surface area contributed by atoms with Crippen molar-refractivity contribution in [3.05, 3.63) is 11.1 Å². The molecular formula is C12H16N5NaO8S3. The van der Waals surface area contributed by atoms with Crippen molar-refractivity contribution in [3.8, 4) is 0 Å². The number of amides is 2. The van der Waals surface area contributed by atoms with E-state index in [9.17, 15) is 31.0 Å². The predicted molar refractivity (Wildman–Crippen MR) is 96.7 cm³/mol. The van der Waals surface area contributed by atoms with Gasteiger partial charge in [0.25, 0.3) is 11.8 Å². The summed E-state index contributed by atoms with van der Waals surface area (Å²) in [5, 5.41) is 7.22. The van der Waals surface area contributed by atoms with Crippen LogP contribution in [0.5, 0.6) is 0 Å². The van der Waals surface area contributed by atoms with Crippen LogP contribution in [0.2, 0.25) is 0 Å². The summed E-state index contributed by atoms with van der Waals surface area (Å²) in [5.41, 5.74) is -0.392. The third-order valence-corrected chi connectivity index (χ3v) is 5.38. The quantitative estimate of drug-likeness (QED) is 0.122. The van der Waals surface area contributed by atoms with E-state index in [0.29, 0.717) is 0 Å². The first-order valence-corrected chi connectivity index (χ1v) is 11.7. The van der Waals surface area contributed by atoms with E-state index in [1.807, 2.05) is 0 Å². The van der Waals surface area contributed by atoms with Gasteiger partial charge in [-0.25, -0.2) is 26.1 Å². The van der Waals surface area contributed by atoms with Gasteiger partial charge in [0.05, 0.1) is 12.8 Å². The molecule has 0 aliphatic carbocycles. The smallest absolute Gasteiger partial charge is 0.731 e. The molecule has 29 heavy (non-hydrogen) atoms. The SMILES string of the molecule is CC(C)ON=C(C(=O)NC1CN(S(=O)(=O)[O-])C1=O)c1csc(NS(C)(=O)=O)n1.[Na+]. The van der Waals surface area contributed by atoms with Crippen molar-refractivity contribution in [1.29, 1.82) is 0 Å². The number of hydrogen-bond acceptors (Lipinski definition) is 11. The second kappa shape index (κ2) is 9.67. The summed E-state index contributed by atoms with van der Waals surface area (Å²) < 4.78 is 57.3. The van der Waals surface area contributed by atoms with Crippen LogP contribution in [0.15, 0.2) is 10.5 Å². The van der Waals surface area contributed by atoms with E-state index in [1.54, 1.807) is 13.8 Å². The number of thiazole rings is 1. The zero-order valence-electron chi connectivity index (χ0n) is 15.8. The van der Waals surface area contributed by atoms with Crippen LogP contribution < -0.4 is 39.6 Å². The zero-order chi connectivity index (χ0) is 21.3. The van der Waals surface area contributed by atoms with Gasteiger partial charge in [-0.2, -0.15) is 0 Å². The Morgan fingerprint density at radius 1 is 1.41 bits per heavy atom. The van der Waals surface area contributed by atoms with E-state index in [0.717, 1.165) is 17.6 Å². The van der Waals surface area contributed by atoms with Crippen LogP contribution in [0.25, 0.3) is 0 Å². The maximum atomic E-state index is 12.5. The maximum Gasteiger partial charge on any atom is 1.00 e. The van der Waals surface area contributed by atoms with Gasteiger partial charge < -0.3 is 14.7 Å². The number of sulfonamides is 1. The third-order valence-electron chi connectivity index (χ3n) is 3.06. The molecule has 1 aromatic heterocycles. The van der Waals surface area contributed by atoms with Crippen molar-refractivity contribution in [2.24, 2.45) is 5.16 Å². The molecule has 1 aliphatic heterocycles. The van der Waals surface area contributed by atoms with Crippen molar-refractivity contribution in [1.82, 2.24) is 14.6 Å². The van der Waals surface area contributed by atoms with E-state index >= 15 is 0 Å². The molecule has 0 aromatic carbocycles. The van der Waals surface area contributed by atoms with E-state index < -0.39 is 50.8 Å². The number of anilines is 1. The first-order chi connectivity index (χ1) is 12.8. The van der Waals surface area contributed by atoms with Gasteiger partial charge in [0.15, 0.2) is 21.1 Å². The minimum atomic E-state index is -4.94. The number of nitrogens with zero attached hydrogens (tertiary/aromatic N) is 3. The van der Waals surface area contributed by atoms with E-state index in [4.69, 9.17) is 4.84 Å². The van der Waals surface area contributed by atoms with Gasteiger partial charge in [-0.3, -0.25) is 14.3 Å². The summed E-state index contributed by atoms with van der Waals surface area (Å²) >= 11 is 0.886. The average Bonchev–Trinajstić information content (AvgIpc) is 2.95. The van der Waals surface area contributed by atoms with Crippen LogP contribution in [-0.2, 0) is 34.8 Å². The number of hydrogen-bond donors (Lipinski definition) is 2. The fourth-order valence-corrected chi connectivity index (χ4v) is 4.11. The zero-order valence-corrected chi connectivity index (χ0v) is 20.2. The monoisotopic (exact) mass is 477 g/mol. The molecule has 1 aliphatic rings. The Balaban J connectivity index is 0.00000420. The van der Waals surface area contributed by atoms with Gasteiger partial charge in [0, 0.05) is 5.38 Å². The Morgan fingerprint density at radius 3 is 2.52 bits per heavy atom. The van der Waals surface area contributed by atoms with Crippen LogP contribution in [0.1, 0.15) is 19.5 Å². The van der Waals surface area contributed by atoms with Gasteiger partial charge in [-0.05, 0) is 13.8 Å². The summed E-state index contributed by atoms with van der Waals surface area (Å²) in [6.45, 7) is 2.78. The summed E-state index contributed by atoms with van der Waals surface area (Å²) in [6.07, 6.45) is 0.525. The Morgan fingerprint density at radius 2 is 2.03 bits per heavy atom. The first-order valence-electron chi connectivity index (χ1n) is 7.53. The number of oxime groups is 1. The van der Waals surface area contributed by atoms with Crippen LogP contribution in [0, 0.1) is 0 Å². The molecule has 1 saturated heterocycles. The molecule has 2 N–H and O–H groups in total. The first kappa shape index (κ1) is 25.7. The molecule has 0 spiro atoms. The van der Waals surface area contributed by atoms with Gasteiger partial charge in [0.1, 0.15) is 17.8 Å². The molecular weight excluding hydrogens is 461 g/mol. The van der Waals surface area contributed by atoms with Crippen molar-refractivity contribution < 1.29 is 65.4 Å². The number of aromatic nitrogens is 1. The fourth-order valence-electron chi connectivity index (χ4n) is 1.88. The number of nitrogens with one attached hydrogen (secondary N) is 2. The summed E-state index contributed by atoms with van der Waals surface area (Å²) in [4.78, 5) is 33.1. The van der Waals surface area contributed by atoms with Crippen LogP contribution in [-0.4, -0.2) is 73.1 Å². The number of carbonyl (C=O) groups excluding carboxylic acids is 2. The Labute approximate surface area is 193 Å². The van der Waals surface area contributed by atoms with Gasteiger partial charge in [-0.1, -0.05) is 5.16 Å². The molecule has 13 nitrogen and oxygen atoms in total. The molecule has 1 unspecified atom stereocenters. The fraction of sp³-hybridized carbons (Fsp3) is 0.500. The molecule has 0 bridgehead atoms. The molecule has 1 fully saturated rings. The molecule has 0 radical (unpaired) electrons. The van der Waals surface area contributed by atoms with E-state index in [1.165, 1.54) is 5.38 Å². The summed E-state index contributed by atoms with van der Waals surface area (Å²) in [5.74, 6) is -2.00. The van der Waals surface area contributed by atoms with E-state index in [2.05, 4.69) is 20.2 Å². The third kappa shape index (κ3) is 7.16. The minimum absolute atomic E-state index is 0. The molecule has 17 heteroatoms. The van der Waals surface area contributed by atoms with Gasteiger partial charge >= 0.3 is 29.6 Å². The molecule has 156 valence electrons. The van der Waals surface area contributed by atoms with Crippen LogP contribution >= 0.6 is 11.3 Å². The molecule has 1 atom stereocenters. The second-order valence-corrected chi connectivity index (χ2v) is 9.76. The Kier molecular flexibility index (Phi) is 8.58. The Hall–Kier alpha value is -1.30. The average molecular weight is 477 g/mol. The molecule has 1 aromatic rings. The topological polar surface area (TPSA) is 187 Å². The number of carbonyl (C=O) groups is 2. The molecule has 2 amide bonds. The largest absolute Gasteiger partial charge is 1.00 e. The number of β-lactam (4-membered cyclic amide) rings is 1. The van der Waals surface area contributed by atoms with Crippen molar-refractivity contribution in [2.75, 3.05) is 17.5 Å². The normalized spacial score (nSPS) is 17.4. The van der Waals surface area contributed by atoms with Gasteiger partial charge in [-0.15, -0.1) is 11.3 Å². The van der Waals surface area contributed by atoms with Crippen molar-refractivity contribution >= 4 is 54.3 Å². The molecule has 2 rings (SSSR count). The number of rotatable bonds is 8. The predicted octanol–water partition coefficient (Wildman–Crippen LogP) is -4.57. The molecule has 2 heterocycles. The molecule has 0 saturated carbocycles. The minimum Gasteiger partial charge on any atom is -0.731 e. The summed E-state index contributed by atoms with van der Waals surface area (Å²) in [7, 11) is -8.53. The second-order valence-electron chi connectivity index (χ2n) is 5.86. The van der Waals surface area contributed by atoms with Crippen LogP contribution in [0.3, 0.4) is 0 Å². The van der Waals surface area contributed by atoms with E-state index in [-0.39, 0.29) is 50.4 Å². The Bertz CT molecular complexity index is 1020. The van der Waals surface area contributed by atoms with Crippen molar-refractivity contribution in [2.45, 2.75) is 26.0 Å². The standard InChI is InChI=1S/C12H17N5O8S3.Na/c1-6(2)25-15-9(8-5-26-12(14-8)16-27(3,20)21)10(18)13-7-4-17(11(7)19)28(22,23)24;/h5-7H,4H2,1-3H3,(H,13,18)(H,14,16)(H,22,23,24);/q;+1/p-1. The summed E-state index contributed by atoms with van der Waals surface area (Å²) in [6, 6.07) is -1.23.